The van der Waals surface area contributed by atoms with Gasteiger partial charge in [-0.15, -0.1) is 22.7 Å². The number of hydrogen-bond donors (Lipinski definition) is 1. The third-order valence-electron chi connectivity index (χ3n) is 3.50. The van der Waals surface area contributed by atoms with E-state index in [-0.39, 0.29) is 11.7 Å². The van der Waals surface area contributed by atoms with Crippen molar-refractivity contribution in [2.45, 2.75) is 0 Å². The quantitative estimate of drug-likeness (QED) is 0.492. The van der Waals surface area contributed by atoms with Crippen molar-refractivity contribution in [1.82, 2.24) is 0 Å². The third-order valence-corrected chi connectivity index (χ3v) is 5.30. The number of hydrogen-bond acceptors (Lipinski definition) is 5. The number of benzene rings is 1. The molecule has 0 aliphatic rings. The predicted octanol–water partition coefficient (Wildman–Crippen LogP) is 5.05. The topological polar surface area (TPSA) is 55.4 Å². The molecular weight excluding hydrogens is 373 g/mol. The monoisotopic (exact) mass is 387 g/mol. The van der Waals surface area contributed by atoms with E-state index in [1.54, 1.807) is 18.2 Å². The van der Waals surface area contributed by atoms with Gasteiger partial charge >= 0.3 is 5.97 Å². The minimum absolute atomic E-state index is 0.337. The molecule has 0 saturated heterocycles. The van der Waals surface area contributed by atoms with Gasteiger partial charge in [-0.05, 0) is 35.2 Å². The number of carbonyl (C=O) groups excluding carboxylic acids is 2. The van der Waals surface area contributed by atoms with Gasteiger partial charge in [-0.2, -0.15) is 0 Å². The maximum Gasteiger partial charge on any atom is 0.341 e. The van der Waals surface area contributed by atoms with Crippen LogP contribution in [0.5, 0.6) is 0 Å². The van der Waals surface area contributed by atoms with Crippen LogP contribution in [0.1, 0.15) is 15.9 Å². The number of nitrogens with one attached hydrogen (secondary N) is 1. The van der Waals surface area contributed by atoms with Crippen molar-refractivity contribution in [3.63, 3.8) is 0 Å². The SMILES string of the molecule is COC(=O)c1c(-c2cccs2)csc1NC(=O)/C=C/c1ccc(F)cc1. The fourth-order valence-electron chi connectivity index (χ4n) is 2.27. The van der Waals surface area contributed by atoms with Crippen molar-refractivity contribution in [3.8, 4) is 10.4 Å². The summed E-state index contributed by atoms with van der Waals surface area (Å²) in [5, 5.41) is 6.87. The number of ether oxygens (including phenoxy) is 1. The molecule has 0 atom stereocenters. The Morgan fingerprint density at radius 3 is 2.58 bits per heavy atom. The normalized spacial score (nSPS) is 10.8. The molecule has 1 amide bonds. The van der Waals surface area contributed by atoms with Gasteiger partial charge in [0, 0.05) is 21.9 Å². The van der Waals surface area contributed by atoms with Crippen LogP contribution in [0.2, 0.25) is 0 Å². The number of halogens is 1. The smallest absolute Gasteiger partial charge is 0.341 e. The summed E-state index contributed by atoms with van der Waals surface area (Å²) in [6.07, 6.45) is 2.90. The van der Waals surface area contributed by atoms with Crippen LogP contribution < -0.4 is 5.32 Å². The molecule has 132 valence electrons. The summed E-state index contributed by atoms with van der Waals surface area (Å²) >= 11 is 2.76. The Labute approximate surface area is 157 Å². The molecule has 0 aliphatic heterocycles. The first kappa shape index (κ1) is 18.0. The van der Waals surface area contributed by atoms with Gasteiger partial charge in [0.2, 0.25) is 5.91 Å². The largest absolute Gasteiger partial charge is 0.465 e. The van der Waals surface area contributed by atoms with Crippen LogP contribution in [0, 0.1) is 5.82 Å². The lowest BCUT2D eigenvalue weighted by molar-refractivity contribution is -0.111. The molecule has 26 heavy (non-hydrogen) atoms. The highest BCUT2D eigenvalue weighted by Crippen LogP contribution is 2.38. The van der Waals surface area contributed by atoms with Gasteiger partial charge in [0.05, 0.1) is 7.11 Å². The minimum Gasteiger partial charge on any atom is -0.465 e. The van der Waals surface area contributed by atoms with E-state index in [9.17, 15) is 14.0 Å². The first-order valence-electron chi connectivity index (χ1n) is 7.57. The van der Waals surface area contributed by atoms with Crippen LogP contribution >= 0.6 is 22.7 Å². The molecular formula is C19H14FNO3S2. The summed E-state index contributed by atoms with van der Waals surface area (Å²) in [6.45, 7) is 0. The van der Waals surface area contributed by atoms with E-state index in [4.69, 9.17) is 4.74 Å². The van der Waals surface area contributed by atoms with Gasteiger partial charge in [-0.25, -0.2) is 9.18 Å². The predicted molar refractivity (Wildman–Crippen MR) is 103 cm³/mol. The number of thiophene rings is 2. The molecule has 3 aromatic rings. The first-order valence-corrected chi connectivity index (χ1v) is 9.32. The van der Waals surface area contributed by atoms with Crippen molar-refractivity contribution in [3.05, 3.63) is 70.2 Å². The van der Waals surface area contributed by atoms with Crippen LogP contribution in [0.4, 0.5) is 9.39 Å². The van der Waals surface area contributed by atoms with E-state index >= 15 is 0 Å². The molecule has 0 fully saturated rings. The molecule has 0 unspecified atom stereocenters. The summed E-state index contributed by atoms with van der Waals surface area (Å²) in [5.41, 5.74) is 1.76. The molecule has 7 heteroatoms. The lowest BCUT2D eigenvalue weighted by Crippen LogP contribution is -2.11. The minimum atomic E-state index is -0.507. The van der Waals surface area contributed by atoms with Gasteiger partial charge in [0.15, 0.2) is 0 Å². The van der Waals surface area contributed by atoms with E-state index in [0.717, 1.165) is 10.4 Å². The summed E-state index contributed by atoms with van der Waals surface area (Å²) < 4.78 is 17.8. The maximum absolute atomic E-state index is 12.9. The molecule has 4 nitrogen and oxygen atoms in total. The zero-order valence-electron chi connectivity index (χ0n) is 13.7. The summed E-state index contributed by atoms with van der Waals surface area (Å²) in [5.74, 6) is -1.24. The lowest BCUT2D eigenvalue weighted by Gasteiger charge is -2.05. The summed E-state index contributed by atoms with van der Waals surface area (Å²) in [4.78, 5) is 25.3. The van der Waals surface area contributed by atoms with Crippen molar-refractivity contribution in [2.24, 2.45) is 0 Å². The van der Waals surface area contributed by atoms with E-state index in [2.05, 4.69) is 5.32 Å². The maximum atomic E-state index is 12.9. The first-order chi connectivity index (χ1) is 12.6. The van der Waals surface area contributed by atoms with Crippen molar-refractivity contribution < 1.29 is 18.7 Å². The number of amides is 1. The fourth-order valence-corrected chi connectivity index (χ4v) is 4.04. The molecule has 0 saturated carbocycles. The third kappa shape index (κ3) is 4.07. The summed E-state index contributed by atoms with van der Waals surface area (Å²) in [6, 6.07) is 9.57. The number of rotatable bonds is 5. The second kappa shape index (κ2) is 8.07. The zero-order chi connectivity index (χ0) is 18.5. The van der Waals surface area contributed by atoms with E-state index < -0.39 is 5.97 Å². The highest BCUT2D eigenvalue weighted by Gasteiger charge is 2.22. The van der Waals surface area contributed by atoms with E-state index in [0.29, 0.717) is 16.1 Å². The number of esters is 1. The van der Waals surface area contributed by atoms with Gasteiger partial charge in [0.25, 0.3) is 0 Å². The Morgan fingerprint density at radius 1 is 1.15 bits per heavy atom. The van der Waals surface area contributed by atoms with Crippen LogP contribution in [-0.4, -0.2) is 19.0 Å². The zero-order valence-corrected chi connectivity index (χ0v) is 15.3. The molecule has 3 rings (SSSR count). The Balaban J connectivity index is 1.82. The second-order valence-electron chi connectivity index (χ2n) is 5.20. The van der Waals surface area contributed by atoms with Crippen LogP contribution in [0.15, 0.2) is 53.2 Å². The van der Waals surface area contributed by atoms with Gasteiger partial charge in [0.1, 0.15) is 16.4 Å². The van der Waals surface area contributed by atoms with E-state index in [1.165, 1.54) is 48.0 Å². The lowest BCUT2D eigenvalue weighted by atomic mass is 10.1. The molecule has 0 bridgehead atoms. The molecule has 2 heterocycles. The highest BCUT2D eigenvalue weighted by atomic mass is 32.1. The van der Waals surface area contributed by atoms with E-state index in [1.807, 2.05) is 22.9 Å². The van der Waals surface area contributed by atoms with Gasteiger partial charge in [-0.1, -0.05) is 18.2 Å². The fraction of sp³-hybridized carbons (Fsp3) is 0.0526. The Bertz CT molecular complexity index is 944. The average Bonchev–Trinajstić information content (AvgIpc) is 3.30. The second-order valence-corrected chi connectivity index (χ2v) is 7.02. The van der Waals surface area contributed by atoms with Crippen molar-refractivity contribution in [1.29, 1.82) is 0 Å². The molecule has 1 N–H and O–H groups in total. The Hall–Kier alpha value is -2.77. The van der Waals surface area contributed by atoms with Gasteiger partial charge in [-0.3, -0.25) is 4.79 Å². The molecule has 0 spiro atoms. The standard InChI is InChI=1S/C19H14FNO3S2/c1-24-19(23)17-14(15-3-2-10-25-15)11-26-18(17)21-16(22)9-6-12-4-7-13(20)8-5-12/h2-11H,1H3,(H,21,22)/b9-6+. The number of carbonyl (C=O) groups is 2. The van der Waals surface area contributed by atoms with Crippen molar-refractivity contribution in [2.75, 3.05) is 12.4 Å². The highest BCUT2D eigenvalue weighted by molar-refractivity contribution is 7.17. The molecule has 1 aromatic carbocycles. The van der Waals surface area contributed by atoms with Crippen LogP contribution in [-0.2, 0) is 9.53 Å². The average molecular weight is 387 g/mol. The number of anilines is 1. The number of methoxy groups -OCH3 is 1. The molecule has 0 aliphatic carbocycles. The van der Waals surface area contributed by atoms with Crippen LogP contribution in [0.3, 0.4) is 0 Å². The Kier molecular flexibility index (Phi) is 5.60. The Morgan fingerprint density at radius 2 is 1.92 bits per heavy atom. The molecule has 0 radical (unpaired) electrons. The van der Waals surface area contributed by atoms with Crippen molar-refractivity contribution >= 4 is 45.6 Å². The molecule has 2 aromatic heterocycles. The van der Waals surface area contributed by atoms with Crippen LogP contribution in [0.25, 0.3) is 16.5 Å². The summed E-state index contributed by atoms with van der Waals surface area (Å²) in [7, 11) is 1.30. The van der Waals surface area contributed by atoms with Gasteiger partial charge < -0.3 is 10.1 Å².